The molecule has 0 saturated carbocycles. The molecule has 0 aromatic carbocycles. The average molecular weight is 276 g/mol. The topological polar surface area (TPSA) is 71.2 Å². The second-order valence-electron chi connectivity index (χ2n) is 4.06. The van der Waals surface area contributed by atoms with Gasteiger partial charge in [-0.25, -0.2) is 4.79 Å². The van der Waals surface area contributed by atoms with Crippen molar-refractivity contribution >= 4 is 5.97 Å². The van der Waals surface area contributed by atoms with Gasteiger partial charge in [0.05, 0.1) is 6.54 Å². The van der Waals surface area contributed by atoms with Crippen LogP contribution in [-0.2, 0) is 24.1 Å². The smallest absolute Gasteiger partial charge is 0.451 e. The van der Waals surface area contributed by atoms with E-state index in [2.05, 4.69) is 10.2 Å². The summed E-state index contributed by atoms with van der Waals surface area (Å²) in [6.45, 7) is 1.09. The van der Waals surface area contributed by atoms with Crippen molar-refractivity contribution in [2.45, 2.75) is 19.3 Å². The minimum absolute atomic E-state index is 0.137. The van der Waals surface area contributed by atoms with Crippen molar-refractivity contribution in [3.63, 3.8) is 0 Å². The molecular weight excluding hydrogens is 265 g/mol. The lowest BCUT2D eigenvalue weighted by Crippen LogP contribution is -2.35. The maximum Gasteiger partial charge on any atom is 0.451 e. The number of rotatable bonds is 3. The van der Waals surface area contributed by atoms with Crippen LogP contribution in [0.4, 0.5) is 13.2 Å². The van der Waals surface area contributed by atoms with Crippen molar-refractivity contribution in [3.05, 3.63) is 23.8 Å². The number of carbonyl (C=O) groups is 1. The first kappa shape index (κ1) is 13.5. The van der Waals surface area contributed by atoms with Crippen molar-refractivity contribution < 1.29 is 23.1 Å². The highest BCUT2D eigenvalue weighted by atomic mass is 19.4. The first-order valence-corrected chi connectivity index (χ1v) is 5.49. The Labute approximate surface area is 106 Å². The lowest BCUT2D eigenvalue weighted by atomic mass is 10.3. The molecule has 0 amide bonds. The molecule has 0 spiro atoms. The SMILES string of the molecule is O=C(O)C=CCN1CCn2c(nnc2C(F)(F)F)C1. The minimum Gasteiger partial charge on any atom is -0.478 e. The maximum atomic E-state index is 12.6. The molecule has 0 saturated heterocycles. The van der Waals surface area contributed by atoms with Crippen molar-refractivity contribution in [1.29, 1.82) is 0 Å². The van der Waals surface area contributed by atoms with E-state index in [9.17, 15) is 18.0 Å². The van der Waals surface area contributed by atoms with Crippen molar-refractivity contribution in [3.8, 4) is 0 Å². The molecule has 1 N–H and O–H groups in total. The van der Waals surface area contributed by atoms with Gasteiger partial charge in [0.2, 0.25) is 5.82 Å². The molecule has 0 unspecified atom stereocenters. The zero-order valence-electron chi connectivity index (χ0n) is 9.76. The first-order valence-electron chi connectivity index (χ1n) is 5.49. The van der Waals surface area contributed by atoms with Crippen LogP contribution in [0, 0.1) is 0 Å². The van der Waals surface area contributed by atoms with Crippen molar-refractivity contribution in [2.75, 3.05) is 13.1 Å². The summed E-state index contributed by atoms with van der Waals surface area (Å²) in [7, 11) is 0. The summed E-state index contributed by atoms with van der Waals surface area (Å²) < 4.78 is 38.8. The first-order chi connectivity index (χ1) is 8.88. The second-order valence-corrected chi connectivity index (χ2v) is 4.06. The molecular formula is C10H11F3N4O2. The van der Waals surface area contributed by atoms with Crippen LogP contribution in [0.15, 0.2) is 12.2 Å². The fourth-order valence-corrected chi connectivity index (χ4v) is 1.88. The summed E-state index contributed by atoms with van der Waals surface area (Å²) >= 11 is 0. The van der Waals surface area contributed by atoms with Crippen LogP contribution in [0.2, 0.25) is 0 Å². The van der Waals surface area contributed by atoms with Crippen LogP contribution in [0.1, 0.15) is 11.6 Å². The molecule has 1 aromatic rings. The van der Waals surface area contributed by atoms with E-state index in [1.54, 1.807) is 4.90 Å². The third-order valence-corrected chi connectivity index (χ3v) is 2.71. The van der Waals surface area contributed by atoms with Gasteiger partial charge < -0.3 is 9.67 Å². The van der Waals surface area contributed by atoms with Gasteiger partial charge in [0.1, 0.15) is 5.82 Å². The number of halogens is 3. The minimum atomic E-state index is -4.50. The number of alkyl halides is 3. The molecule has 0 fully saturated rings. The van der Waals surface area contributed by atoms with Gasteiger partial charge in [-0.3, -0.25) is 4.90 Å². The number of hydrogen-bond donors (Lipinski definition) is 1. The van der Waals surface area contributed by atoms with Gasteiger partial charge in [-0.1, -0.05) is 6.08 Å². The molecule has 0 bridgehead atoms. The fraction of sp³-hybridized carbons (Fsp3) is 0.500. The van der Waals surface area contributed by atoms with Crippen molar-refractivity contribution in [1.82, 2.24) is 19.7 Å². The van der Waals surface area contributed by atoms with Gasteiger partial charge in [0.25, 0.3) is 0 Å². The zero-order chi connectivity index (χ0) is 14.0. The molecule has 1 aromatic heterocycles. The number of carboxylic acid groups (broad SMARTS) is 1. The largest absolute Gasteiger partial charge is 0.478 e. The molecule has 19 heavy (non-hydrogen) atoms. The third-order valence-electron chi connectivity index (χ3n) is 2.71. The third kappa shape index (κ3) is 3.11. The Balaban J connectivity index is 2.05. The van der Waals surface area contributed by atoms with E-state index in [-0.39, 0.29) is 18.9 Å². The van der Waals surface area contributed by atoms with E-state index < -0.39 is 18.0 Å². The second kappa shape index (κ2) is 5.00. The summed E-state index contributed by atoms with van der Waals surface area (Å²) in [5.74, 6) is -1.80. The van der Waals surface area contributed by atoms with E-state index in [1.807, 2.05) is 0 Å². The highest BCUT2D eigenvalue weighted by Gasteiger charge is 2.39. The van der Waals surface area contributed by atoms with Gasteiger partial charge in [0, 0.05) is 25.7 Å². The Hall–Kier alpha value is -1.90. The summed E-state index contributed by atoms with van der Waals surface area (Å²) in [5, 5.41) is 15.1. The summed E-state index contributed by atoms with van der Waals surface area (Å²) in [5.41, 5.74) is 0. The summed E-state index contributed by atoms with van der Waals surface area (Å²) in [6, 6.07) is 0. The van der Waals surface area contributed by atoms with Crippen LogP contribution in [0.3, 0.4) is 0 Å². The zero-order valence-corrected chi connectivity index (χ0v) is 9.76. The number of hydrogen-bond acceptors (Lipinski definition) is 4. The lowest BCUT2D eigenvalue weighted by molar-refractivity contribution is -0.148. The van der Waals surface area contributed by atoms with Crippen LogP contribution in [-0.4, -0.2) is 43.8 Å². The lowest BCUT2D eigenvalue weighted by Gasteiger charge is -2.26. The Morgan fingerprint density at radius 1 is 1.37 bits per heavy atom. The van der Waals surface area contributed by atoms with Gasteiger partial charge in [-0.15, -0.1) is 10.2 Å². The van der Waals surface area contributed by atoms with Crippen molar-refractivity contribution in [2.24, 2.45) is 0 Å². The molecule has 2 heterocycles. The summed E-state index contributed by atoms with van der Waals surface area (Å²) in [4.78, 5) is 12.1. The highest BCUT2D eigenvalue weighted by Crippen LogP contribution is 2.29. The number of nitrogens with zero attached hydrogens (tertiary/aromatic N) is 4. The predicted molar refractivity (Wildman–Crippen MR) is 57.1 cm³/mol. The molecule has 1 aliphatic rings. The molecule has 9 heteroatoms. The molecule has 0 radical (unpaired) electrons. The quantitative estimate of drug-likeness (QED) is 0.825. The number of aliphatic carboxylic acids is 1. The molecule has 104 valence electrons. The van der Waals surface area contributed by atoms with Crippen LogP contribution in [0.25, 0.3) is 0 Å². The fourth-order valence-electron chi connectivity index (χ4n) is 1.88. The monoisotopic (exact) mass is 276 g/mol. The Morgan fingerprint density at radius 2 is 2.11 bits per heavy atom. The molecule has 0 atom stereocenters. The van der Waals surface area contributed by atoms with E-state index in [4.69, 9.17) is 5.11 Å². The van der Waals surface area contributed by atoms with Gasteiger partial charge in [0.15, 0.2) is 0 Å². The standard InChI is InChI=1S/C10H11F3N4O2/c11-10(12,13)9-15-14-7-6-16(4-5-17(7)9)3-1-2-8(18)19/h1-2H,3-6H2,(H,18,19). The average Bonchev–Trinajstić information content (AvgIpc) is 2.71. The summed E-state index contributed by atoms with van der Waals surface area (Å²) in [6.07, 6.45) is -2.06. The number of fused-ring (bicyclic) bond motifs is 1. The van der Waals surface area contributed by atoms with E-state index in [1.165, 1.54) is 6.08 Å². The molecule has 2 rings (SSSR count). The maximum absolute atomic E-state index is 12.6. The molecule has 1 aliphatic heterocycles. The Morgan fingerprint density at radius 3 is 2.74 bits per heavy atom. The normalized spacial score (nSPS) is 16.8. The van der Waals surface area contributed by atoms with Gasteiger partial charge >= 0.3 is 12.1 Å². The van der Waals surface area contributed by atoms with E-state index >= 15 is 0 Å². The Kier molecular flexibility index (Phi) is 3.56. The van der Waals surface area contributed by atoms with Crippen LogP contribution in [0.5, 0.6) is 0 Å². The number of carboxylic acids is 1. The van der Waals surface area contributed by atoms with E-state index in [0.717, 1.165) is 10.6 Å². The van der Waals surface area contributed by atoms with Gasteiger partial charge in [-0.2, -0.15) is 13.2 Å². The Bertz CT molecular complexity index is 509. The predicted octanol–water partition coefficient (Wildman–Crippen LogP) is 0.753. The highest BCUT2D eigenvalue weighted by molar-refractivity contribution is 5.79. The van der Waals surface area contributed by atoms with Gasteiger partial charge in [-0.05, 0) is 0 Å². The van der Waals surface area contributed by atoms with E-state index in [0.29, 0.717) is 13.1 Å². The van der Waals surface area contributed by atoms with Crippen LogP contribution < -0.4 is 0 Å². The number of aromatic nitrogens is 3. The molecule has 6 nitrogen and oxygen atoms in total. The molecule has 0 aliphatic carbocycles. The van der Waals surface area contributed by atoms with Crippen LogP contribution >= 0.6 is 0 Å².